The summed E-state index contributed by atoms with van der Waals surface area (Å²) >= 11 is 3.57. The molecule has 0 amide bonds. The smallest absolute Gasteiger partial charge is 0.310 e. The average molecular weight is 493 g/mol. The SMILES string of the molecule is CC(C)(C)O.Cc1nc(N)c(Br)c(-c2ccc3c(c2)CCCO3)c1CC(=O)OC(C)C. The summed E-state index contributed by atoms with van der Waals surface area (Å²) in [5, 5.41) is 8.52. The molecule has 0 saturated heterocycles. The number of esters is 1. The maximum absolute atomic E-state index is 12.3. The predicted octanol–water partition coefficient (Wildman–Crippen LogP) is 5.00. The fourth-order valence-corrected chi connectivity index (χ4v) is 3.78. The van der Waals surface area contributed by atoms with Crippen LogP contribution >= 0.6 is 15.9 Å². The highest BCUT2D eigenvalue weighted by Gasteiger charge is 2.21. The Balaban J connectivity index is 0.000000614. The van der Waals surface area contributed by atoms with E-state index in [0.29, 0.717) is 10.3 Å². The van der Waals surface area contributed by atoms with Crippen LogP contribution in [-0.2, 0) is 22.4 Å². The van der Waals surface area contributed by atoms with Crippen LogP contribution in [0.15, 0.2) is 22.7 Å². The highest BCUT2D eigenvalue weighted by atomic mass is 79.9. The molecule has 2 aromatic rings. The van der Waals surface area contributed by atoms with Gasteiger partial charge in [-0.1, -0.05) is 6.07 Å². The topological polar surface area (TPSA) is 94.7 Å². The fourth-order valence-electron chi connectivity index (χ4n) is 3.22. The zero-order valence-electron chi connectivity index (χ0n) is 19.2. The maximum atomic E-state index is 12.3. The highest BCUT2D eigenvalue weighted by Crippen LogP contribution is 2.39. The third kappa shape index (κ3) is 7.51. The molecule has 3 rings (SSSR count). The molecular formula is C24H33BrN2O4. The van der Waals surface area contributed by atoms with E-state index in [1.54, 1.807) is 20.8 Å². The molecule has 1 aromatic heterocycles. The number of halogens is 1. The molecule has 0 bridgehead atoms. The molecule has 3 N–H and O–H groups in total. The van der Waals surface area contributed by atoms with Gasteiger partial charge in [0.25, 0.3) is 0 Å². The Morgan fingerprint density at radius 2 is 2.00 bits per heavy atom. The zero-order chi connectivity index (χ0) is 23.3. The molecule has 6 nitrogen and oxygen atoms in total. The van der Waals surface area contributed by atoms with Crippen molar-refractivity contribution in [1.29, 1.82) is 0 Å². The van der Waals surface area contributed by atoms with Gasteiger partial charge in [-0.15, -0.1) is 0 Å². The van der Waals surface area contributed by atoms with Gasteiger partial charge in [-0.25, -0.2) is 4.98 Å². The Morgan fingerprint density at radius 1 is 1.35 bits per heavy atom. The van der Waals surface area contributed by atoms with Crippen molar-refractivity contribution in [2.45, 2.75) is 72.5 Å². The number of hydrogen-bond donors (Lipinski definition) is 2. The minimum Gasteiger partial charge on any atom is -0.493 e. The van der Waals surface area contributed by atoms with Crippen molar-refractivity contribution in [3.8, 4) is 16.9 Å². The summed E-state index contributed by atoms with van der Waals surface area (Å²) < 4.78 is 11.7. The molecule has 0 saturated carbocycles. The predicted molar refractivity (Wildman–Crippen MR) is 127 cm³/mol. The Hall–Kier alpha value is -2.12. The van der Waals surface area contributed by atoms with Gasteiger partial charge in [-0.3, -0.25) is 4.79 Å². The Bertz CT molecular complexity index is 930. The van der Waals surface area contributed by atoms with Gasteiger partial charge >= 0.3 is 5.97 Å². The van der Waals surface area contributed by atoms with E-state index in [1.165, 1.54) is 5.56 Å². The standard InChI is InChI=1S/C20H23BrN2O3.C4H10O/c1-11(2)26-17(24)10-15-12(3)23-20(22)19(21)18(15)14-6-7-16-13(9-14)5-4-8-25-16;1-4(2,3)5/h6-7,9,11H,4-5,8,10H2,1-3H3,(H2,22,23);5H,1-3H3. The number of aromatic nitrogens is 1. The first-order valence-electron chi connectivity index (χ1n) is 10.5. The van der Waals surface area contributed by atoms with Gasteiger partial charge in [0, 0.05) is 11.3 Å². The number of hydrogen-bond acceptors (Lipinski definition) is 6. The van der Waals surface area contributed by atoms with Gasteiger partial charge < -0.3 is 20.3 Å². The van der Waals surface area contributed by atoms with E-state index in [1.807, 2.05) is 32.9 Å². The van der Waals surface area contributed by atoms with Crippen molar-refractivity contribution < 1.29 is 19.4 Å². The van der Waals surface area contributed by atoms with Crippen molar-refractivity contribution in [2.24, 2.45) is 0 Å². The molecular weight excluding hydrogens is 460 g/mol. The van der Waals surface area contributed by atoms with Crippen molar-refractivity contribution >= 4 is 27.7 Å². The van der Waals surface area contributed by atoms with E-state index in [-0.39, 0.29) is 18.5 Å². The zero-order valence-corrected chi connectivity index (χ0v) is 20.8. The summed E-state index contributed by atoms with van der Waals surface area (Å²) in [7, 11) is 0. The maximum Gasteiger partial charge on any atom is 0.310 e. The number of anilines is 1. The van der Waals surface area contributed by atoms with Crippen LogP contribution < -0.4 is 10.5 Å². The third-order valence-electron chi connectivity index (χ3n) is 4.36. The van der Waals surface area contributed by atoms with Crippen LogP contribution in [0.25, 0.3) is 11.1 Å². The summed E-state index contributed by atoms with van der Waals surface area (Å²) in [6, 6.07) is 6.10. The molecule has 0 radical (unpaired) electrons. The van der Waals surface area contributed by atoms with Gasteiger partial charge in [-0.2, -0.15) is 0 Å². The number of ether oxygens (including phenoxy) is 2. The van der Waals surface area contributed by atoms with Crippen LogP contribution in [0.4, 0.5) is 5.82 Å². The van der Waals surface area contributed by atoms with E-state index in [0.717, 1.165) is 47.6 Å². The number of rotatable bonds is 4. The second-order valence-electron chi connectivity index (χ2n) is 8.91. The highest BCUT2D eigenvalue weighted by molar-refractivity contribution is 9.10. The fraction of sp³-hybridized carbons (Fsp3) is 0.500. The normalized spacial score (nSPS) is 13.1. The first-order valence-corrected chi connectivity index (χ1v) is 11.3. The van der Waals surface area contributed by atoms with E-state index in [4.69, 9.17) is 20.3 Å². The van der Waals surface area contributed by atoms with Crippen LogP contribution in [0.5, 0.6) is 5.75 Å². The number of aryl methyl sites for hydroxylation is 2. The van der Waals surface area contributed by atoms with Gasteiger partial charge in [0.05, 0.1) is 29.2 Å². The number of nitrogens with two attached hydrogens (primary N) is 1. The van der Waals surface area contributed by atoms with Crippen molar-refractivity contribution in [2.75, 3.05) is 12.3 Å². The lowest BCUT2D eigenvalue weighted by Crippen LogP contribution is -2.16. The van der Waals surface area contributed by atoms with Gasteiger partial charge in [0.2, 0.25) is 0 Å². The summed E-state index contributed by atoms with van der Waals surface area (Å²) in [5.74, 6) is 1.06. The van der Waals surface area contributed by atoms with Crippen LogP contribution in [0.2, 0.25) is 0 Å². The largest absolute Gasteiger partial charge is 0.493 e. The molecule has 7 heteroatoms. The number of nitrogen functional groups attached to an aromatic ring is 1. The van der Waals surface area contributed by atoms with E-state index < -0.39 is 5.60 Å². The number of nitrogens with zero attached hydrogens (tertiary/aromatic N) is 1. The number of carbonyl (C=O) groups excluding carboxylic acids is 1. The summed E-state index contributed by atoms with van der Waals surface area (Å²) in [6.45, 7) is 11.5. The van der Waals surface area contributed by atoms with Crippen LogP contribution in [0.3, 0.4) is 0 Å². The molecule has 2 heterocycles. The number of aliphatic hydroxyl groups is 1. The number of pyridine rings is 1. The van der Waals surface area contributed by atoms with Crippen molar-refractivity contribution in [3.05, 3.63) is 39.5 Å². The first kappa shape index (κ1) is 25.1. The molecule has 0 atom stereocenters. The Kier molecular flexibility index (Phi) is 8.49. The molecule has 170 valence electrons. The summed E-state index contributed by atoms with van der Waals surface area (Å²) in [4.78, 5) is 16.6. The lowest BCUT2D eigenvalue weighted by Gasteiger charge is -2.20. The van der Waals surface area contributed by atoms with Crippen LogP contribution in [-0.4, -0.2) is 34.4 Å². The van der Waals surface area contributed by atoms with Crippen molar-refractivity contribution in [1.82, 2.24) is 4.98 Å². The lowest BCUT2D eigenvalue weighted by atomic mass is 9.94. The molecule has 1 aliphatic heterocycles. The van der Waals surface area contributed by atoms with E-state index in [9.17, 15) is 4.79 Å². The summed E-state index contributed by atoms with van der Waals surface area (Å²) in [5.41, 5.74) is 10.2. The van der Waals surface area contributed by atoms with E-state index >= 15 is 0 Å². The second kappa shape index (κ2) is 10.5. The second-order valence-corrected chi connectivity index (χ2v) is 9.70. The minimum atomic E-state index is -0.500. The molecule has 0 aliphatic carbocycles. The molecule has 0 unspecified atom stereocenters. The number of carbonyl (C=O) groups is 1. The lowest BCUT2D eigenvalue weighted by molar-refractivity contribution is -0.146. The van der Waals surface area contributed by atoms with Gasteiger partial charge in [0.1, 0.15) is 11.6 Å². The molecule has 31 heavy (non-hydrogen) atoms. The van der Waals surface area contributed by atoms with E-state index in [2.05, 4.69) is 27.0 Å². The third-order valence-corrected chi connectivity index (χ3v) is 5.16. The van der Waals surface area contributed by atoms with Crippen LogP contribution in [0.1, 0.15) is 57.9 Å². The first-order chi connectivity index (χ1) is 14.4. The summed E-state index contributed by atoms with van der Waals surface area (Å²) in [6.07, 6.45) is 1.98. The molecule has 1 aliphatic rings. The minimum absolute atomic E-state index is 0.152. The molecule has 1 aromatic carbocycles. The van der Waals surface area contributed by atoms with Gasteiger partial charge in [0.15, 0.2) is 0 Å². The number of fused-ring (bicyclic) bond motifs is 1. The van der Waals surface area contributed by atoms with Crippen molar-refractivity contribution in [3.63, 3.8) is 0 Å². The average Bonchev–Trinajstić information content (AvgIpc) is 2.64. The Morgan fingerprint density at radius 3 is 2.61 bits per heavy atom. The molecule has 0 spiro atoms. The number of benzene rings is 1. The molecule has 0 fully saturated rings. The van der Waals surface area contributed by atoms with Crippen LogP contribution in [0, 0.1) is 6.92 Å². The quantitative estimate of drug-likeness (QED) is 0.583. The monoisotopic (exact) mass is 492 g/mol. The Labute approximate surface area is 193 Å². The van der Waals surface area contributed by atoms with Gasteiger partial charge in [-0.05, 0) is 99.1 Å².